The summed E-state index contributed by atoms with van der Waals surface area (Å²) in [7, 11) is 1.83. The lowest BCUT2D eigenvalue weighted by molar-refractivity contribution is -0.0348. The van der Waals surface area contributed by atoms with Crippen LogP contribution in [0, 0.1) is 11.7 Å². The molecule has 140 valence electrons. The Kier molecular flexibility index (Phi) is 6.48. The van der Waals surface area contributed by atoms with Crippen molar-refractivity contribution in [3.05, 3.63) is 35.6 Å². The van der Waals surface area contributed by atoms with Gasteiger partial charge in [0.2, 0.25) is 0 Å². The van der Waals surface area contributed by atoms with Crippen molar-refractivity contribution < 1.29 is 9.13 Å². The van der Waals surface area contributed by atoms with E-state index in [2.05, 4.69) is 23.6 Å². The summed E-state index contributed by atoms with van der Waals surface area (Å²) in [6.45, 7) is 9.17. The van der Waals surface area contributed by atoms with Gasteiger partial charge in [-0.05, 0) is 82.8 Å². The summed E-state index contributed by atoms with van der Waals surface area (Å²) in [4.78, 5) is 5.23. The average Bonchev–Trinajstić information content (AvgIpc) is 2.62. The molecule has 0 spiro atoms. The Morgan fingerprint density at radius 1 is 1.16 bits per heavy atom. The molecular formula is C21H33FN2O. The van der Waals surface area contributed by atoms with Crippen LogP contribution in [0.15, 0.2) is 24.3 Å². The Balaban J connectivity index is 1.55. The molecule has 0 radical (unpaired) electrons. The lowest BCUT2D eigenvalue weighted by Crippen LogP contribution is -2.53. The Morgan fingerprint density at radius 3 is 2.56 bits per heavy atom. The van der Waals surface area contributed by atoms with Crippen LogP contribution in [0.5, 0.6) is 0 Å². The van der Waals surface area contributed by atoms with Gasteiger partial charge in [-0.2, -0.15) is 0 Å². The number of halogens is 1. The summed E-state index contributed by atoms with van der Waals surface area (Å²) in [6.07, 6.45) is 4.84. The number of piperidine rings is 2. The zero-order chi connectivity index (χ0) is 17.8. The molecule has 2 saturated heterocycles. The number of nitrogens with zero attached hydrogens (tertiary/aromatic N) is 2. The number of benzene rings is 1. The van der Waals surface area contributed by atoms with Gasteiger partial charge < -0.3 is 9.64 Å². The van der Waals surface area contributed by atoms with E-state index in [9.17, 15) is 4.39 Å². The van der Waals surface area contributed by atoms with Crippen molar-refractivity contribution in [2.75, 3.05) is 33.3 Å². The first-order chi connectivity index (χ1) is 12.1. The molecule has 0 aliphatic carbocycles. The monoisotopic (exact) mass is 348 g/mol. The molecule has 0 saturated carbocycles. The standard InChI is InChI=1S/C21H33FN2O/c1-16(2)23-11-8-20(9-12-23)24-10-7-18(21(15-24)25-3)13-17-5-4-6-19(22)14-17/h4-6,14,16,18,20-21H,7-13,15H2,1-3H3/t18-,21+/m1/s1. The van der Waals surface area contributed by atoms with Gasteiger partial charge in [0.25, 0.3) is 0 Å². The second kappa shape index (κ2) is 8.61. The predicted octanol–water partition coefficient (Wildman–Crippen LogP) is 3.58. The second-order valence-corrected chi connectivity index (χ2v) is 8.01. The van der Waals surface area contributed by atoms with E-state index in [1.54, 1.807) is 6.07 Å². The molecule has 2 aliphatic heterocycles. The van der Waals surface area contributed by atoms with Gasteiger partial charge in [0.15, 0.2) is 0 Å². The summed E-state index contributed by atoms with van der Waals surface area (Å²) in [5.41, 5.74) is 1.09. The van der Waals surface area contributed by atoms with E-state index >= 15 is 0 Å². The summed E-state index contributed by atoms with van der Waals surface area (Å²) in [5.74, 6) is 0.347. The molecule has 3 nitrogen and oxygen atoms in total. The van der Waals surface area contributed by atoms with Gasteiger partial charge in [-0.3, -0.25) is 4.90 Å². The van der Waals surface area contributed by atoms with Crippen LogP contribution in [-0.2, 0) is 11.2 Å². The lowest BCUT2D eigenvalue weighted by atomic mass is 9.86. The Labute approximate surface area is 152 Å². The maximum Gasteiger partial charge on any atom is 0.123 e. The van der Waals surface area contributed by atoms with E-state index in [0.717, 1.165) is 31.5 Å². The van der Waals surface area contributed by atoms with Crippen molar-refractivity contribution >= 4 is 0 Å². The number of methoxy groups -OCH3 is 1. The topological polar surface area (TPSA) is 15.7 Å². The summed E-state index contributed by atoms with van der Waals surface area (Å²) in [5, 5.41) is 0. The van der Waals surface area contributed by atoms with Gasteiger partial charge in [0, 0.05) is 25.7 Å². The second-order valence-electron chi connectivity index (χ2n) is 8.01. The fourth-order valence-electron chi connectivity index (χ4n) is 4.56. The summed E-state index contributed by atoms with van der Waals surface area (Å²) in [6, 6.07) is 8.38. The highest BCUT2D eigenvalue weighted by Gasteiger charge is 2.34. The fourth-order valence-corrected chi connectivity index (χ4v) is 4.56. The number of likely N-dealkylation sites (tertiary alicyclic amines) is 2. The molecule has 0 bridgehead atoms. The van der Waals surface area contributed by atoms with Gasteiger partial charge in [0.05, 0.1) is 6.10 Å². The zero-order valence-corrected chi connectivity index (χ0v) is 16.0. The summed E-state index contributed by atoms with van der Waals surface area (Å²) < 4.78 is 19.3. The smallest absolute Gasteiger partial charge is 0.123 e. The minimum absolute atomic E-state index is 0.138. The van der Waals surface area contributed by atoms with Crippen LogP contribution < -0.4 is 0 Å². The first-order valence-electron chi connectivity index (χ1n) is 9.82. The number of hydrogen-bond donors (Lipinski definition) is 0. The van der Waals surface area contributed by atoms with Crippen LogP contribution >= 0.6 is 0 Å². The molecule has 4 heteroatoms. The van der Waals surface area contributed by atoms with E-state index in [1.165, 1.54) is 32.0 Å². The molecular weight excluding hydrogens is 315 g/mol. The van der Waals surface area contributed by atoms with Crippen LogP contribution in [0.25, 0.3) is 0 Å². The highest BCUT2D eigenvalue weighted by Crippen LogP contribution is 2.28. The first-order valence-corrected chi connectivity index (χ1v) is 9.82. The van der Waals surface area contributed by atoms with E-state index in [4.69, 9.17) is 4.74 Å². The van der Waals surface area contributed by atoms with Crippen LogP contribution in [0.3, 0.4) is 0 Å². The molecule has 2 aliphatic rings. The van der Waals surface area contributed by atoms with Gasteiger partial charge in [-0.15, -0.1) is 0 Å². The van der Waals surface area contributed by atoms with Crippen molar-refractivity contribution in [1.29, 1.82) is 0 Å². The molecule has 1 aromatic carbocycles. The quantitative estimate of drug-likeness (QED) is 0.809. The molecule has 1 aromatic rings. The fraction of sp³-hybridized carbons (Fsp3) is 0.714. The molecule has 0 unspecified atom stereocenters. The zero-order valence-electron chi connectivity index (χ0n) is 16.0. The minimum Gasteiger partial charge on any atom is -0.380 e. The number of hydrogen-bond acceptors (Lipinski definition) is 3. The number of ether oxygens (including phenoxy) is 1. The molecule has 2 heterocycles. The van der Waals surface area contributed by atoms with Gasteiger partial charge in [0.1, 0.15) is 5.82 Å². The van der Waals surface area contributed by atoms with Crippen molar-refractivity contribution in [3.8, 4) is 0 Å². The van der Waals surface area contributed by atoms with E-state index in [0.29, 0.717) is 18.0 Å². The normalized spacial score (nSPS) is 27.1. The molecule has 3 rings (SSSR count). The van der Waals surface area contributed by atoms with Crippen molar-refractivity contribution in [2.24, 2.45) is 5.92 Å². The third-order valence-electron chi connectivity index (χ3n) is 6.16. The van der Waals surface area contributed by atoms with E-state index in [-0.39, 0.29) is 11.9 Å². The van der Waals surface area contributed by atoms with E-state index < -0.39 is 0 Å². The van der Waals surface area contributed by atoms with Crippen LogP contribution in [0.2, 0.25) is 0 Å². The van der Waals surface area contributed by atoms with Crippen LogP contribution in [-0.4, -0.2) is 61.3 Å². The lowest BCUT2D eigenvalue weighted by Gasteiger charge is -2.45. The number of rotatable bonds is 5. The molecule has 0 amide bonds. The minimum atomic E-state index is -0.138. The maximum absolute atomic E-state index is 13.5. The maximum atomic E-state index is 13.5. The SMILES string of the molecule is CO[C@H]1CN(C2CCN(C(C)C)CC2)CC[C@@H]1Cc1cccc(F)c1. The third kappa shape index (κ3) is 4.81. The van der Waals surface area contributed by atoms with Gasteiger partial charge >= 0.3 is 0 Å². The predicted molar refractivity (Wildman–Crippen MR) is 100 cm³/mol. The molecule has 0 aromatic heterocycles. The Hall–Kier alpha value is -0.970. The van der Waals surface area contributed by atoms with Crippen molar-refractivity contribution in [1.82, 2.24) is 9.80 Å². The highest BCUT2D eigenvalue weighted by molar-refractivity contribution is 5.17. The van der Waals surface area contributed by atoms with E-state index in [1.807, 2.05) is 19.2 Å². The summed E-state index contributed by atoms with van der Waals surface area (Å²) >= 11 is 0. The first kappa shape index (κ1) is 18.8. The highest BCUT2D eigenvalue weighted by atomic mass is 19.1. The average molecular weight is 349 g/mol. The van der Waals surface area contributed by atoms with Crippen LogP contribution in [0.1, 0.15) is 38.7 Å². The Bertz CT molecular complexity index is 542. The third-order valence-corrected chi connectivity index (χ3v) is 6.16. The van der Waals surface area contributed by atoms with Crippen LogP contribution in [0.4, 0.5) is 4.39 Å². The van der Waals surface area contributed by atoms with Crippen molar-refractivity contribution in [3.63, 3.8) is 0 Å². The molecule has 25 heavy (non-hydrogen) atoms. The molecule has 0 N–H and O–H groups in total. The van der Waals surface area contributed by atoms with Crippen molar-refractivity contribution in [2.45, 2.75) is 57.7 Å². The molecule has 2 atom stereocenters. The molecule has 2 fully saturated rings. The Morgan fingerprint density at radius 2 is 1.92 bits per heavy atom. The largest absolute Gasteiger partial charge is 0.380 e. The van der Waals surface area contributed by atoms with Gasteiger partial charge in [-0.1, -0.05) is 12.1 Å². The van der Waals surface area contributed by atoms with Gasteiger partial charge in [-0.25, -0.2) is 4.39 Å².